The van der Waals surface area contributed by atoms with E-state index in [9.17, 15) is 14.7 Å². The van der Waals surface area contributed by atoms with Gasteiger partial charge in [0.25, 0.3) is 0 Å². The number of aliphatic hydroxyl groups is 1. The van der Waals surface area contributed by atoms with Crippen molar-refractivity contribution < 1.29 is 19.4 Å². The second-order valence-electron chi connectivity index (χ2n) is 13.2. The highest BCUT2D eigenvalue weighted by Crippen LogP contribution is 2.39. The minimum absolute atomic E-state index is 0.0383. The molecule has 8 heteroatoms. The van der Waals surface area contributed by atoms with E-state index in [1.807, 2.05) is 62.9 Å². The Morgan fingerprint density at radius 2 is 1.85 bits per heavy atom. The first-order chi connectivity index (χ1) is 19.1. The van der Waals surface area contributed by atoms with Crippen molar-refractivity contribution in [3.05, 3.63) is 35.9 Å². The van der Waals surface area contributed by atoms with Crippen LogP contribution in [0.3, 0.4) is 0 Å². The molecule has 0 bridgehead atoms. The molecule has 1 aromatic rings. The van der Waals surface area contributed by atoms with E-state index in [1.165, 1.54) is 25.7 Å². The molecule has 2 saturated heterocycles. The number of piperidine rings is 1. The fourth-order valence-corrected chi connectivity index (χ4v) is 8.27. The maximum Gasteiger partial charge on any atom is 0.407 e. The number of amides is 2. The summed E-state index contributed by atoms with van der Waals surface area (Å²) in [6.45, 7) is 9.33. The minimum Gasteiger partial charge on any atom is -0.445 e. The van der Waals surface area contributed by atoms with E-state index in [4.69, 9.17) is 4.74 Å². The molecule has 3 aliphatic rings. The molecule has 0 unspecified atom stereocenters. The van der Waals surface area contributed by atoms with E-state index in [1.54, 1.807) is 0 Å². The van der Waals surface area contributed by atoms with Crippen LogP contribution in [0.4, 0.5) is 4.79 Å². The number of rotatable bonds is 10. The number of alkyl carbamates (subject to hydrolysis) is 1. The highest BCUT2D eigenvalue weighted by molar-refractivity contribution is 8.00. The molecule has 4 rings (SSSR count). The number of thioether (sulfide) groups is 1. The molecule has 3 N–H and O–H groups in total. The summed E-state index contributed by atoms with van der Waals surface area (Å²) in [7, 11) is 0. The smallest absolute Gasteiger partial charge is 0.407 e. The van der Waals surface area contributed by atoms with Crippen LogP contribution in [-0.2, 0) is 16.0 Å². The lowest BCUT2D eigenvalue weighted by molar-refractivity contribution is -0.132. The first kappa shape index (κ1) is 31.2. The van der Waals surface area contributed by atoms with Crippen LogP contribution >= 0.6 is 11.8 Å². The average Bonchev–Trinajstić information content (AvgIpc) is 3.34. The molecule has 2 amide bonds. The van der Waals surface area contributed by atoms with E-state index in [-0.39, 0.29) is 23.6 Å². The van der Waals surface area contributed by atoms with Crippen molar-refractivity contribution in [2.24, 2.45) is 11.8 Å². The topological polar surface area (TPSA) is 90.9 Å². The third-order valence-electron chi connectivity index (χ3n) is 8.77. The van der Waals surface area contributed by atoms with Crippen molar-refractivity contribution in [1.82, 2.24) is 15.5 Å². The Hall–Kier alpha value is -1.77. The van der Waals surface area contributed by atoms with Crippen LogP contribution in [0.5, 0.6) is 0 Å². The number of carbonyl (C=O) groups excluding carboxylic acids is 2. The fourth-order valence-electron chi connectivity index (χ4n) is 6.79. The third kappa shape index (κ3) is 8.86. The molecule has 7 nitrogen and oxygen atoms in total. The zero-order chi connectivity index (χ0) is 28.7. The van der Waals surface area contributed by atoms with Crippen molar-refractivity contribution in [2.75, 3.05) is 18.8 Å². The van der Waals surface area contributed by atoms with Gasteiger partial charge in [-0.15, -0.1) is 0 Å². The van der Waals surface area contributed by atoms with E-state index in [2.05, 4.69) is 22.5 Å². The summed E-state index contributed by atoms with van der Waals surface area (Å²) < 4.78 is 5.91. The second-order valence-corrected chi connectivity index (χ2v) is 14.5. The zero-order valence-corrected chi connectivity index (χ0v) is 25.8. The van der Waals surface area contributed by atoms with Crippen LogP contribution < -0.4 is 10.6 Å². The van der Waals surface area contributed by atoms with Gasteiger partial charge in [-0.05, 0) is 76.0 Å². The first-order valence-corrected chi connectivity index (χ1v) is 16.5. The SMILES string of the molecule is CCC[C@H]1SCC[C@H]1OC(=O)N[C@@H](Cc1ccccc1)[C@H](O)CN1C[C@H]2CCCC[C@H]2C[C@H]1C(=O)NC(C)(C)C. The maximum atomic E-state index is 13.5. The molecular weight excluding hydrogens is 522 g/mol. The molecular formula is C32H51N3O4S. The Bertz CT molecular complexity index is 955. The number of nitrogens with zero attached hydrogens (tertiary/aromatic N) is 1. The van der Waals surface area contributed by atoms with E-state index in [0.717, 1.165) is 43.5 Å². The molecule has 224 valence electrons. The van der Waals surface area contributed by atoms with Crippen LogP contribution in [-0.4, -0.2) is 75.9 Å². The van der Waals surface area contributed by atoms with Crippen molar-refractivity contribution in [3.63, 3.8) is 0 Å². The summed E-state index contributed by atoms with van der Waals surface area (Å²) in [4.78, 5) is 28.8. The molecule has 3 fully saturated rings. The standard InChI is InChI=1S/C32H51N3O4S/c1-5-11-29-28(16-17-40-29)39-31(38)33-25(18-22-12-7-6-8-13-22)27(36)21-35-20-24-15-10-9-14-23(24)19-26(35)30(37)34-32(2,3)4/h6-8,12-13,23-29,36H,5,9-11,14-21H2,1-4H3,(H,33,38)(H,34,37)/t23-,24+,25-,26-,27+,28+,29+/m0/s1. The van der Waals surface area contributed by atoms with E-state index >= 15 is 0 Å². The first-order valence-electron chi connectivity index (χ1n) is 15.5. The molecule has 0 radical (unpaired) electrons. The van der Waals surface area contributed by atoms with Crippen LogP contribution in [0.2, 0.25) is 0 Å². The van der Waals surface area contributed by atoms with Gasteiger partial charge in [-0.1, -0.05) is 62.9 Å². The summed E-state index contributed by atoms with van der Waals surface area (Å²) in [6, 6.07) is 9.16. The molecule has 7 atom stereocenters. The Labute approximate surface area is 245 Å². The number of hydrogen-bond acceptors (Lipinski definition) is 6. The fraction of sp³-hybridized carbons (Fsp3) is 0.750. The number of benzene rings is 1. The molecule has 0 aromatic heterocycles. The number of β-amino-alcohol motifs (C(OH)–C–C–N with tert-alkyl or cyclic N) is 1. The van der Waals surface area contributed by atoms with Gasteiger partial charge < -0.3 is 20.5 Å². The van der Waals surface area contributed by atoms with E-state index < -0.39 is 18.2 Å². The number of ether oxygens (including phenoxy) is 1. The average molecular weight is 574 g/mol. The van der Waals surface area contributed by atoms with Crippen molar-refractivity contribution in [2.45, 2.75) is 121 Å². The van der Waals surface area contributed by atoms with Gasteiger partial charge in [0, 0.05) is 23.9 Å². The zero-order valence-electron chi connectivity index (χ0n) is 24.9. The summed E-state index contributed by atoms with van der Waals surface area (Å²) >= 11 is 1.88. The Balaban J connectivity index is 1.47. The highest BCUT2D eigenvalue weighted by Gasteiger charge is 2.42. The van der Waals surface area contributed by atoms with Gasteiger partial charge in [0.15, 0.2) is 0 Å². The number of nitrogens with one attached hydrogen (secondary N) is 2. The van der Waals surface area contributed by atoms with Gasteiger partial charge in [0.05, 0.1) is 18.2 Å². The molecule has 2 heterocycles. The quantitative estimate of drug-likeness (QED) is 0.359. The second kappa shape index (κ2) is 14.4. The lowest BCUT2D eigenvalue weighted by Gasteiger charge is -2.47. The molecule has 40 heavy (non-hydrogen) atoms. The Morgan fingerprint density at radius 1 is 1.12 bits per heavy atom. The molecule has 2 aliphatic heterocycles. The van der Waals surface area contributed by atoms with Crippen molar-refractivity contribution in [1.29, 1.82) is 0 Å². The Morgan fingerprint density at radius 3 is 2.55 bits per heavy atom. The van der Waals surface area contributed by atoms with Gasteiger partial charge in [0.2, 0.25) is 5.91 Å². The lowest BCUT2D eigenvalue weighted by Crippen LogP contribution is -2.60. The van der Waals surface area contributed by atoms with Crippen LogP contribution in [0.15, 0.2) is 30.3 Å². The van der Waals surface area contributed by atoms with Gasteiger partial charge in [-0.3, -0.25) is 9.69 Å². The normalized spacial score (nSPS) is 28.8. The minimum atomic E-state index is -0.845. The van der Waals surface area contributed by atoms with Crippen LogP contribution in [0.1, 0.15) is 84.6 Å². The van der Waals surface area contributed by atoms with Gasteiger partial charge in [-0.2, -0.15) is 11.8 Å². The summed E-state index contributed by atoms with van der Waals surface area (Å²) in [5.74, 6) is 2.16. The third-order valence-corrected chi connectivity index (χ3v) is 10.2. The van der Waals surface area contributed by atoms with Crippen LogP contribution in [0.25, 0.3) is 0 Å². The molecule has 0 spiro atoms. The monoisotopic (exact) mass is 573 g/mol. The number of likely N-dealkylation sites (tertiary alicyclic amines) is 1. The molecule has 1 aromatic carbocycles. The maximum absolute atomic E-state index is 13.5. The van der Waals surface area contributed by atoms with Crippen LogP contribution in [0, 0.1) is 11.8 Å². The Kier molecular flexibility index (Phi) is 11.2. The van der Waals surface area contributed by atoms with Gasteiger partial charge in [-0.25, -0.2) is 4.79 Å². The van der Waals surface area contributed by atoms with Crippen molar-refractivity contribution in [3.8, 4) is 0 Å². The largest absolute Gasteiger partial charge is 0.445 e. The van der Waals surface area contributed by atoms with Crippen molar-refractivity contribution >= 4 is 23.8 Å². The summed E-state index contributed by atoms with van der Waals surface area (Å²) in [5, 5.41) is 18.2. The predicted molar refractivity (Wildman–Crippen MR) is 162 cm³/mol. The molecule has 1 aliphatic carbocycles. The highest BCUT2D eigenvalue weighted by atomic mass is 32.2. The lowest BCUT2D eigenvalue weighted by atomic mass is 9.72. The summed E-state index contributed by atoms with van der Waals surface area (Å²) in [5.41, 5.74) is 0.722. The summed E-state index contributed by atoms with van der Waals surface area (Å²) in [6.07, 6.45) is 7.74. The number of hydrogen-bond donors (Lipinski definition) is 3. The number of fused-ring (bicyclic) bond motifs is 1. The van der Waals surface area contributed by atoms with Gasteiger partial charge in [0.1, 0.15) is 6.10 Å². The number of aliphatic hydroxyl groups excluding tert-OH is 1. The number of carbonyl (C=O) groups is 2. The van der Waals surface area contributed by atoms with E-state index in [0.29, 0.717) is 30.1 Å². The molecule has 1 saturated carbocycles. The van der Waals surface area contributed by atoms with Gasteiger partial charge >= 0.3 is 6.09 Å². The predicted octanol–water partition coefficient (Wildman–Crippen LogP) is 5.15.